The summed E-state index contributed by atoms with van der Waals surface area (Å²) in [6.07, 6.45) is 8.01. The first-order valence-corrected chi connectivity index (χ1v) is 14.2. The Morgan fingerprint density at radius 1 is 0.615 bits per heavy atom. The predicted molar refractivity (Wildman–Crippen MR) is 147 cm³/mol. The van der Waals surface area contributed by atoms with Crippen LogP contribution in [0.15, 0.2) is 48.5 Å². The second-order valence-corrected chi connectivity index (χ2v) is 10.5. The summed E-state index contributed by atoms with van der Waals surface area (Å²) in [5.41, 5.74) is 1.51. The van der Waals surface area contributed by atoms with Crippen LogP contribution in [0.1, 0.15) is 82.6 Å². The van der Waals surface area contributed by atoms with Crippen LogP contribution in [-0.4, -0.2) is 13.2 Å². The number of unbranched alkanes of at least 4 members (excludes halogenated alkanes) is 5. The third kappa shape index (κ3) is 7.09. The van der Waals surface area contributed by atoms with Crippen LogP contribution >= 0.6 is 0 Å². The fourth-order valence-electron chi connectivity index (χ4n) is 5.20. The molecule has 2 nitrogen and oxygen atoms in total. The summed E-state index contributed by atoms with van der Waals surface area (Å²) >= 11 is 0. The van der Waals surface area contributed by atoms with Crippen molar-refractivity contribution >= 4 is 0 Å². The summed E-state index contributed by atoms with van der Waals surface area (Å²) in [4.78, 5) is 0. The molecule has 3 aromatic rings. The SMILES string of the molecule is CCCCCCCCc1ccc(-c2ccc(-c3ccc(C4OCC(CCC)CO4)c(F)c3F)cc2)c(F)c1F. The number of ether oxygens (including phenoxy) is 2. The number of rotatable bonds is 12. The minimum absolute atomic E-state index is 0.0291. The van der Waals surface area contributed by atoms with Crippen molar-refractivity contribution in [2.24, 2.45) is 5.92 Å². The molecule has 0 saturated carbocycles. The van der Waals surface area contributed by atoms with Gasteiger partial charge in [0.2, 0.25) is 0 Å². The van der Waals surface area contributed by atoms with Gasteiger partial charge in [0.1, 0.15) is 0 Å². The molecule has 0 bridgehead atoms. The minimum Gasteiger partial charge on any atom is -0.348 e. The van der Waals surface area contributed by atoms with Crippen LogP contribution in [0.5, 0.6) is 0 Å². The molecule has 1 heterocycles. The van der Waals surface area contributed by atoms with Crippen molar-refractivity contribution in [1.82, 2.24) is 0 Å². The Balaban J connectivity index is 1.44. The fraction of sp³-hybridized carbons (Fsp3) is 0.455. The molecule has 4 rings (SSSR count). The molecule has 6 heteroatoms. The lowest BCUT2D eigenvalue weighted by Gasteiger charge is -2.29. The number of aryl methyl sites for hydroxylation is 1. The maximum atomic E-state index is 15.1. The Bertz CT molecular complexity index is 1220. The summed E-state index contributed by atoms with van der Waals surface area (Å²) in [7, 11) is 0. The molecule has 1 aliphatic rings. The Morgan fingerprint density at radius 2 is 1.18 bits per heavy atom. The predicted octanol–water partition coefficient (Wildman–Crippen LogP) is 9.94. The van der Waals surface area contributed by atoms with E-state index in [2.05, 4.69) is 13.8 Å². The largest absolute Gasteiger partial charge is 0.348 e. The van der Waals surface area contributed by atoms with E-state index in [-0.39, 0.29) is 22.6 Å². The van der Waals surface area contributed by atoms with Gasteiger partial charge >= 0.3 is 0 Å². The van der Waals surface area contributed by atoms with Gasteiger partial charge < -0.3 is 9.47 Å². The van der Waals surface area contributed by atoms with E-state index in [1.54, 1.807) is 36.4 Å². The van der Waals surface area contributed by atoms with Crippen LogP contribution in [-0.2, 0) is 15.9 Å². The van der Waals surface area contributed by atoms with E-state index in [0.29, 0.717) is 36.3 Å². The second kappa shape index (κ2) is 14.1. The average Bonchev–Trinajstić information content (AvgIpc) is 2.95. The lowest BCUT2D eigenvalue weighted by molar-refractivity contribution is -0.207. The van der Waals surface area contributed by atoms with E-state index in [1.807, 2.05) is 0 Å². The normalized spacial score (nSPS) is 17.5. The molecular formula is C33H38F4O2. The molecule has 0 N–H and O–H groups in total. The molecule has 0 aromatic heterocycles. The number of benzene rings is 3. The van der Waals surface area contributed by atoms with Crippen LogP contribution in [0.2, 0.25) is 0 Å². The van der Waals surface area contributed by atoms with Gasteiger partial charge in [-0.25, -0.2) is 17.6 Å². The van der Waals surface area contributed by atoms with E-state index in [9.17, 15) is 13.2 Å². The lowest BCUT2D eigenvalue weighted by Crippen LogP contribution is -2.27. The summed E-state index contributed by atoms with van der Waals surface area (Å²) < 4.78 is 71.1. The maximum Gasteiger partial charge on any atom is 0.186 e. The summed E-state index contributed by atoms with van der Waals surface area (Å²) in [6.45, 7) is 5.13. The average molecular weight is 543 g/mol. The molecule has 0 atom stereocenters. The zero-order chi connectivity index (χ0) is 27.8. The first kappa shape index (κ1) is 29.3. The highest BCUT2D eigenvalue weighted by Crippen LogP contribution is 2.35. The molecule has 39 heavy (non-hydrogen) atoms. The van der Waals surface area contributed by atoms with Crippen LogP contribution in [0.25, 0.3) is 22.3 Å². The van der Waals surface area contributed by atoms with E-state index < -0.39 is 29.6 Å². The molecule has 3 aromatic carbocycles. The Morgan fingerprint density at radius 3 is 1.79 bits per heavy atom. The molecule has 1 fully saturated rings. The van der Waals surface area contributed by atoms with Gasteiger partial charge in [-0.15, -0.1) is 0 Å². The van der Waals surface area contributed by atoms with Crippen molar-refractivity contribution in [3.05, 3.63) is 82.9 Å². The topological polar surface area (TPSA) is 18.5 Å². The van der Waals surface area contributed by atoms with Crippen LogP contribution in [0.4, 0.5) is 17.6 Å². The smallest absolute Gasteiger partial charge is 0.186 e. The first-order chi connectivity index (χ1) is 18.9. The number of hydrogen-bond acceptors (Lipinski definition) is 2. The van der Waals surface area contributed by atoms with Gasteiger partial charge in [0, 0.05) is 22.6 Å². The molecule has 1 saturated heterocycles. The molecule has 210 valence electrons. The van der Waals surface area contributed by atoms with Crippen molar-refractivity contribution in [2.45, 2.75) is 77.9 Å². The van der Waals surface area contributed by atoms with Gasteiger partial charge in [0.05, 0.1) is 13.2 Å². The quantitative estimate of drug-likeness (QED) is 0.167. The van der Waals surface area contributed by atoms with Gasteiger partial charge in [-0.05, 0) is 36.0 Å². The van der Waals surface area contributed by atoms with E-state index in [1.165, 1.54) is 31.4 Å². The van der Waals surface area contributed by atoms with Crippen molar-refractivity contribution in [3.63, 3.8) is 0 Å². The fourth-order valence-corrected chi connectivity index (χ4v) is 5.20. The van der Waals surface area contributed by atoms with Gasteiger partial charge in [-0.1, -0.05) is 101 Å². The first-order valence-electron chi connectivity index (χ1n) is 14.2. The van der Waals surface area contributed by atoms with E-state index >= 15 is 4.39 Å². The highest BCUT2D eigenvalue weighted by molar-refractivity contribution is 5.71. The van der Waals surface area contributed by atoms with Gasteiger partial charge in [-0.3, -0.25) is 0 Å². The minimum atomic E-state index is -1.01. The Hall–Kier alpha value is -2.70. The maximum absolute atomic E-state index is 15.1. The van der Waals surface area contributed by atoms with E-state index in [0.717, 1.165) is 32.1 Å². The van der Waals surface area contributed by atoms with Gasteiger partial charge in [0.25, 0.3) is 0 Å². The molecule has 0 unspecified atom stereocenters. The highest BCUT2D eigenvalue weighted by atomic mass is 19.2. The summed E-state index contributed by atoms with van der Waals surface area (Å²) in [6, 6.07) is 12.5. The summed E-state index contributed by atoms with van der Waals surface area (Å²) in [5.74, 6) is -3.46. The van der Waals surface area contributed by atoms with Gasteiger partial charge in [0.15, 0.2) is 29.6 Å². The van der Waals surface area contributed by atoms with E-state index in [4.69, 9.17) is 9.47 Å². The monoisotopic (exact) mass is 542 g/mol. The van der Waals surface area contributed by atoms with Crippen molar-refractivity contribution < 1.29 is 27.0 Å². The van der Waals surface area contributed by atoms with Crippen LogP contribution < -0.4 is 0 Å². The molecule has 0 amide bonds. The Labute approximate surface area is 229 Å². The molecule has 0 radical (unpaired) electrons. The van der Waals surface area contributed by atoms with Gasteiger partial charge in [-0.2, -0.15) is 0 Å². The third-order valence-corrected chi connectivity index (χ3v) is 7.50. The van der Waals surface area contributed by atoms with Crippen molar-refractivity contribution in [1.29, 1.82) is 0 Å². The number of halogens is 4. The Kier molecular flexibility index (Phi) is 10.6. The van der Waals surface area contributed by atoms with Crippen LogP contribution in [0.3, 0.4) is 0 Å². The molecule has 0 aliphatic carbocycles. The summed E-state index contributed by atoms with van der Waals surface area (Å²) in [5, 5.41) is 0. The third-order valence-electron chi connectivity index (χ3n) is 7.50. The highest BCUT2D eigenvalue weighted by Gasteiger charge is 2.27. The van der Waals surface area contributed by atoms with Crippen molar-refractivity contribution in [2.75, 3.05) is 13.2 Å². The zero-order valence-electron chi connectivity index (χ0n) is 22.9. The standard InChI is InChI=1S/C33H38F4O2/c1-3-5-6-7-8-9-11-25-16-17-26(30(35)29(25)34)23-12-14-24(15-13-23)27-18-19-28(32(37)31(27)36)33-38-20-22(10-4-2)21-39-33/h12-19,22,33H,3-11,20-21H2,1-2H3. The molecular weight excluding hydrogens is 504 g/mol. The second-order valence-electron chi connectivity index (χ2n) is 10.5. The lowest BCUT2D eigenvalue weighted by atomic mass is 9.96. The number of hydrogen-bond donors (Lipinski definition) is 0. The molecule has 1 aliphatic heterocycles. The van der Waals surface area contributed by atoms with Crippen LogP contribution in [0, 0.1) is 29.2 Å². The van der Waals surface area contributed by atoms with Crippen molar-refractivity contribution in [3.8, 4) is 22.3 Å². The zero-order valence-corrected chi connectivity index (χ0v) is 22.9. The molecule has 0 spiro atoms.